The van der Waals surface area contributed by atoms with Crippen molar-refractivity contribution in [2.45, 2.75) is 19.8 Å². The van der Waals surface area contributed by atoms with Gasteiger partial charge in [0.25, 0.3) is 11.8 Å². The summed E-state index contributed by atoms with van der Waals surface area (Å²) in [5.41, 5.74) is 3.81. The molecule has 8 heteroatoms. The fourth-order valence-electron chi connectivity index (χ4n) is 3.98. The molecule has 2 aromatic carbocycles. The number of amides is 2. The number of hydrogen-bond donors (Lipinski definition) is 1. The maximum atomic E-state index is 13.2. The van der Waals surface area contributed by atoms with Gasteiger partial charge in [0.15, 0.2) is 5.11 Å². The molecule has 0 aromatic heterocycles. The molecule has 0 radical (unpaired) electrons. The van der Waals surface area contributed by atoms with E-state index < -0.39 is 11.8 Å². The molecule has 6 nitrogen and oxygen atoms in total. The van der Waals surface area contributed by atoms with Crippen LogP contribution in [0.4, 0.5) is 11.4 Å². The Morgan fingerprint density at radius 2 is 1.97 bits per heavy atom. The Bertz CT molecular complexity index is 1080. The number of benzene rings is 2. The van der Waals surface area contributed by atoms with Gasteiger partial charge in [-0.2, -0.15) is 0 Å². The van der Waals surface area contributed by atoms with Gasteiger partial charge >= 0.3 is 0 Å². The summed E-state index contributed by atoms with van der Waals surface area (Å²) in [5.74, 6) is 0.392. The van der Waals surface area contributed by atoms with Gasteiger partial charge in [-0.15, -0.1) is 11.6 Å². The lowest BCUT2D eigenvalue weighted by atomic mass is 10.0. The highest BCUT2D eigenvalue weighted by Crippen LogP contribution is 2.30. The molecule has 2 heterocycles. The number of rotatable bonds is 7. The summed E-state index contributed by atoms with van der Waals surface area (Å²) < 4.78 is 5.46. The third-order valence-electron chi connectivity index (χ3n) is 5.48. The van der Waals surface area contributed by atoms with E-state index in [2.05, 4.69) is 10.2 Å². The van der Waals surface area contributed by atoms with Crippen LogP contribution in [0, 0.1) is 0 Å². The minimum absolute atomic E-state index is 0.0458. The Balaban J connectivity index is 1.59. The van der Waals surface area contributed by atoms with E-state index in [4.69, 9.17) is 28.6 Å². The molecule has 1 fully saturated rings. The molecule has 0 aliphatic carbocycles. The van der Waals surface area contributed by atoms with Crippen LogP contribution in [0.15, 0.2) is 48.0 Å². The summed E-state index contributed by atoms with van der Waals surface area (Å²) in [6, 6.07) is 13.0. The Kier molecular flexibility index (Phi) is 6.77. The smallest absolute Gasteiger partial charge is 0.270 e. The zero-order valence-corrected chi connectivity index (χ0v) is 19.3. The molecule has 2 aliphatic rings. The van der Waals surface area contributed by atoms with Crippen LogP contribution in [0.25, 0.3) is 6.08 Å². The molecule has 0 spiro atoms. The zero-order valence-electron chi connectivity index (χ0n) is 17.8. The van der Waals surface area contributed by atoms with Crippen molar-refractivity contribution in [2.75, 3.05) is 35.4 Å². The molecule has 1 N–H and O–H groups in total. The van der Waals surface area contributed by atoms with Crippen LogP contribution in [0.2, 0.25) is 0 Å². The van der Waals surface area contributed by atoms with Crippen molar-refractivity contribution in [3.05, 3.63) is 59.2 Å². The van der Waals surface area contributed by atoms with Crippen molar-refractivity contribution in [3.63, 3.8) is 0 Å². The standard InChI is InChI=1S/C24H24ClN3O3S/c1-2-31-19-7-5-18(6-8-19)28-23(30)20(22(29)26-24(28)32)15-16-4-9-21-17(14-16)10-13-27(21)12-3-11-25/h4-9,14-15H,2-3,10-13H2,1H3,(H,26,29,32). The summed E-state index contributed by atoms with van der Waals surface area (Å²) in [7, 11) is 0. The fourth-order valence-corrected chi connectivity index (χ4v) is 4.38. The molecule has 2 aliphatic heterocycles. The van der Waals surface area contributed by atoms with Crippen LogP contribution in [0.3, 0.4) is 0 Å². The number of fused-ring (bicyclic) bond motifs is 1. The number of carbonyl (C=O) groups is 2. The molecule has 4 rings (SSSR count). The van der Waals surface area contributed by atoms with Crippen LogP contribution in [-0.4, -0.2) is 42.5 Å². The number of nitrogens with zero attached hydrogens (tertiary/aromatic N) is 2. The van der Waals surface area contributed by atoms with E-state index in [9.17, 15) is 9.59 Å². The number of alkyl halides is 1. The molecular weight excluding hydrogens is 446 g/mol. The first-order chi connectivity index (χ1) is 15.5. The number of hydrogen-bond acceptors (Lipinski definition) is 5. The summed E-state index contributed by atoms with van der Waals surface area (Å²) in [4.78, 5) is 29.5. The summed E-state index contributed by atoms with van der Waals surface area (Å²) in [5, 5.41) is 2.69. The Hall–Kier alpha value is -2.90. The first-order valence-corrected chi connectivity index (χ1v) is 11.5. The lowest BCUT2D eigenvalue weighted by Crippen LogP contribution is -2.54. The minimum atomic E-state index is -0.494. The third-order valence-corrected chi connectivity index (χ3v) is 6.03. The van der Waals surface area contributed by atoms with Gasteiger partial charge in [-0.1, -0.05) is 6.07 Å². The monoisotopic (exact) mass is 469 g/mol. The van der Waals surface area contributed by atoms with Crippen molar-refractivity contribution in [1.29, 1.82) is 0 Å². The maximum absolute atomic E-state index is 13.2. The number of carbonyl (C=O) groups excluding carboxylic acids is 2. The lowest BCUT2D eigenvalue weighted by molar-refractivity contribution is -0.122. The van der Waals surface area contributed by atoms with Gasteiger partial charge in [0.2, 0.25) is 0 Å². The van der Waals surface area contributed by atoms with E-state index in [1.807, 2.05) is 25.1 Å². The van der Waals surface area contributed by atoms with Crippen molar-refractivity contribution < 1.29 is 14.3 Å². The second kappa shape index (κ2) is 9.71. The normalized spacial score (nSPS) is 17.1. The van der Waals surface area contributed by atoms with E-state index in [-0.39, 0.29) is 10.7 Å². The SMILES string of the molecule is CCOc1ccc(N2C(=O)C(=Cc3ccc4c(c3)CCN4CCCCl)C(=O)NC2=S)cc1. The predicted octanol–water partition coefficient (Wildman–Crippen LogP) is 3.91. The van der Waals surface area contributed by atoms with Gasteiger partial charge in [0.1, 0.15) is 11.3 Å². The molecule has 1 saturated heterocycles. The fraction of sp³-hybridized carbons (Fsp3) is 0.292. The van der Waals surface area contributed by atoms with E-state index in [0.29, 0.717) is 23.9 Å². The quantitative estimate of drug-likeness (QED) is 0.288. The van der Waals surface area contributed by atoms with Crippen molar-refractivity contribution >= 4 is 58.2 Å². The number of halogens is 1. The van der Waals surface area contributed by atoms with E-state index in [1.54, 1.807) is 30.3 Å². The number of thiocarbonyl (C=S) groups is 1. The second-order valence-electron chi connectivity index (χ2n) is 7.55. The van der Waals surface area contributed by atoms with Crippen LogP contribution in [0.5, 0.6) is 5.75 Å². The van der Waals surface area contributed by atoms with E-state index in [1.165, 1.54) is 16.2 Å². The maximum Gasteiger partial charge on any atom is 0.270 e. The Morgan fingerprint density at radius 1 is 1.19 bits per heavy atom. The molecular formula is C24H24ClN3O3S. The Morgan fingerprint density at radius 3 is 2.69 bits per heavy atom. The van der Waals surface area contributed by atoms with Crippen LogP contribution in [0.1, 0.15) is 24.5 Å². The second-order valence-corrected chi connectivity index (χ2v) is 8.32. The molecule has 0 saturated carbocycles. The lowest BCUT2D eigenvalue weighted by Gasteiger charge is -2.29. The van der Waals surface area contributed by atoms with E-state index in [0.717, 1.165) is 31.5 Å². The first-order valence-electron chi connectivity index (χ1n) is 10.6. The van der Waals surface area contributed by atoms with E-state index >= 15 is 0 Å². The molecule has 2 amide bonds. The van der Waals surface area contributed by atoms with Crippen molar-refractivity contribution in [3.8, 4) is 5.75 Å². The summed E-state index contributed by atoms with van der Waals surface area (Å²) >= 11 is 11.1. The van der Waals surface area contributed by atoms with Gasteiger partial charge < -0.3 is 9.64 Å². The Labute approximate surface area is 197 Å². The zero-order chi connectivity index (χ0) is 22.7. The molecule has 32 heavy (non-hydrogen) atoms. The summed E-state index contributed by atoms with van der Waals surface area (Å²) in [6.45, 7) is 4.33. The molecule has 0 bridgehead atoms. The van der Waals surface area contributed by atoms with Crippen molar-refractivity contribution in [1.82, 2.24) is 5.32 Å². The van der Waals surface area contributed by atoms with Crippen LogP contribution >= 0.6 is 23.8 Å². The number of anilines is 2. The highest BCUT2D eigenvalue weighted by molar-refractivity contribution is 7.80. The number of ether oxygens (including phenoxy) is 1. The van der Waals surface area contributed by atoms with Gasteiger partial charge in [-0.3, -0.25) is 19.8 Å². The molecule has 0 unspecified atom stereocenters. The molecule has 2 aromatic rings. The minimum Gasteiger partial charge on any atom is -0.494 e. The molecule has 0 atom stereocenters. The third kappa shape index (κ3) is 4.49. The molecule has 166 valence electrons. The topological polar surface area (TPSA) is 61.9 Å². The van der Waals surface area contributed by atoms with Crippen molar-refractivity contribution in [2.24, 2.45) is 0 Å². The van der Waals surface area contributed by atoms with Crippen LogP contribution < -0.4 is 19.9 Å². The highest BCUT2D eigenvalue weighted by atomic mass is 35.5. The first kappa shape index (κ1) is 22.3. The van der Waals surface area contributed by atoms with Crippen LogP contribution in [-0.2, 0) is 16.0 Å². The van der Waals surface area contributed by atoms with Gasteiger partial charge in [-0.25, -0.2) is 0 Å². The average molecular weight is 470 g/mol. The largest absolute Gasteiger partial charge is 0.494 e. The predicted molar refractivity (Wildman–Crippen MR) is 132 cm³/mol. The van der Waals surface area contributed by atoms with Gasteiger partial charge in [0.05, 0.1) is 12.3 Å². The highest BCUT2D eigenvalue weighted by Gasteiger charge is 2.34. The number of nitrogens with one attached hydrogen (secondary N) is 1. The van der Waals surface area contributed by atoms with Gasteiger partial charge in [-0.05, 0) is 85.6 Å². The average Bonchev–Trinajstić information content (AvgIpc) is 3.18. The van der Waals surface area contributed by atoms with Gasteiger partial charge in [0, 0.05) is 24.7 Å². The summed E-state index contributed by atoms with van der Waals surface area (Å²) in [6.07, 6.45) is 3.49.